The quantitative estimate of drug-likeness (QED) is 0.0679. The van der Waals surface area contributed by atoms with E-state index in [0.29, 0.717) is 0 Å². The van der Waals surface area contributed by atoms with Gasteiger partial charge in [-0.25, -0.2) is 4.79 Å². The molecule has 0 aromatic heterocycles. The molecular weight excluding hydrogens is 439 g/mol. The molecule has 25 heavy (non-hydrogen) atoms. The van der Waals surface area contributed by atoms with Crippen LogP contribution in [0.15, 0.2) is 23.8 Å². The van der Waals surface area contributed by atoms with E-state index in [1.807, 2.05) is 13.0 Å². The van der Waals surface area contributed by atoms with Crippen molar-refractivity contribution in [3.05, 3.63) is 23.8 Å². The van der Waals surface area contributed by atoms with Crippen molar-refractivity contribution >= 4 is 40.5 Å². The van der Waals surface area contributed by atoms with Crippen LogP contribution in [0.2, 0.25) is 0 Å². The lowest BCUT2D eigenvalue weighted by Crippen LogP contribution is -2.40. The van der Waals surface area contributed by atoms with E-state index in [1.54, 1.807) is 0 Å². The first-order valence-electron chi connectivity index (χ1n) is 8.00. The predicted octanol–water partition coefficient (Wildman–Crippen LogP) is 3.38. The number of esters is 3. The highest BCUT2D eigenvalue weighted by molar-refractivity contribution is 14.1. The van der Waals surface area contributed by atoms with E-state index < -0.39 is 23.3 Å². The van der Waals surface area contributed by atoms with Crippen LogP contribution < -0.4 is 0 Å². The highest BCUT2D eigenvalue weighted by Crippen LogP contribution is 2.32. The fraction of sp³-hybridized carbons (Fsp3) is 0.611. The predicted molar refractivity (Wildman–Crippen MR) is 103 cm³/mol. The summed E-state index contributed by atoms with van der Waals surface area (Å²) in [5.41, 5.74) is -0.419. The van der Waals surface area contributed by atoms with Crippen molar-refractivity contribution in [1.82, 2.24) is 0 Å². The molecule has 0 unspecified atom stereocenters. The second-order valence-corrected chi connectivity index (χ2v) is 6.67. The van der Waals surface area contributed by atoms with Crippen molar-refractivity contribution in [3.8, 4) is 0 Å². The lowest BCUT2D eigenvalue weighted by atomic mass is 9.80. The van der Waals surface area contributed by atoms with Crippen molar-refractivity contribution in [2.24, 2.45) is 5.41 Å². The third-order valence-electron chi connectivity index (χ3n) is 3.83. The van der Waals surface area contributed by atoms with E-state index in [9.17, 15) is 14.4 Å². The molecule has 0 amide bonds. The van der Waals surface area contributed by atoms with Crippen LogP contribution in [0.3, 0.4) is 0 Å². The minimum absolute atomic E-state index is 0.0149. The van der Waals surface area contributed by atoms with Gasteiger partial charge in [-0.2, -0.15) is 0 Å². The molecular formula is C18H27IO6. The molecule has 6 nitrogen and oxygen atoms in total. The molecule has 0 aliphatic carbocycles. The number of carbonyl (C=O) groups excluding carboxylic acids is 3. The van der Waals surface area contributed by atoms with Gasteiger partial charge in [0.25, 0.3) is 0 Å². The zero-order valence-electron chi connectivity index (χ0n) is 15.3. The van der Waals surface area contributed by atoms with E-state index in [1.165, 1.54) is 33.5 Å². The van der Waals surface area contributed by atoms with Crippen LogP contribution in [-0.2, 0) is 28.6 Å². The average molecular weight is 466 g/mol. The number of hydrogen-bond acceptors (Lipinski definition) is 6. The normalized spacial score (nSPS) is 12.1. The molecule has 0 saturated carbocycles. The number of rotatable bonds is 11. The number of hydrogen-bond donors (Lipinski definition) is 0. The third kappa shape index (κ3) is 8.02. The van der Waals surface area contributed by atoms with Gasteiger partial charge in [0.05, 0.1) is 21.3 Å². The summed E-state index contributed by atoms with van der Waals surface area (Å²) < 4.78 is 15.3. The summed E-state index contributed by atoms with van der Waals surface area (Å²) in [6.45, 7) is 1.97. The molecule has 0 aromatic rings. The lowest BCUT2D eigenvalue weighted by molar-refractivity contribution is -0.168. The number of halogens is 1. The molecule has 0 aliphatic heterocycles. The summed E-state index contributed by atoms with van der Waals surface area (Å²) in [7, 11) is 3.70. The standard InChI is InChI=1S/C18H27IO6/c1-14(8-5-6-13-19)10-12-18(16(21)24-3,17(22)25-4)11-7-9-15(20)23-2/h7,9-10H,5-6,8,11-13H2,1-4H3/b9-7+,14-10+. The van der Waals surface area contributed by atoms with Gasteiger partial charge in [0.2, 0.25) is 0 Å². The van der Waals surface area contributed by atoms with Gasteiger partial charge in [-0.3, -0.25) is 9.59 Å². The van der Waals surface area contributed by atoms with E-state index >= 15 is 0 Å². The second kappa shape index (κ2) is 12.9. The van der Waals surface area contributed by atoms with Gasteiger partial charge >= 0.3 is 17.9 Å². The Kier molecular flexibility index (Phi) is 12.2. The molecule has 0 saturated heterocycles. The Morgan fingerprint density at radius 1 is 0.960 bits per heavy atom. The van der Waals surface area contributed by atoms with Gasteiger partial charge in [0, 0.05) is 6.08 Å². The molecule has 0 atom stereocenters. The first-order chi connectivity index (χ1) is 11.9. The fourth-order valence-corrected chi connectivity index (χ4v) is 2.80. The van der Waals surface area contributed by atoms with Crippen molar-refractivity contribution < 1.29 is 28.6 Å². The number of unbranched alkanes of at least 4 members (excludes halogenated alkanes) is 1. The van der Waals surface area contributed by atoms with Crippen molar-refractivity contribution in [2.75, 3.05) is 25.8 Å². The first kappa shape index (κ1) is 23.6. The zero-order valence-corrected chi connectivity index (χ0v) is 17.5. The minimum atomic E-state index is -1.52. The summed E-state index contributed by atoms with van der Waals surface area (Å²) in [5.74, 6) is -1.94. The fourth-order valence-electron chi connectivity index (χ4n) is 2.26. The van der Waals surface area contributed by atoms with Crippen LogP contribution in [0.4, 0.5) is 0 Å². The molecule has 0 rings (SSSR count). The molecule has 0 aromatic carbocycles. The summed E-state index contributed by atoms with van der Waals surface area (Å²) in [6.07, 6.45) is 7.68. The summed E-state index contributed by atoms with van der Waals surface area (Å²) >= 11 is 2.33. The second-order valence-electron chi connectivity index (χ2n) is 5.60. The van der Waals surface area contributed by atoms with Crippen molar-refractivity contribution in [2.45, 2.75) is 39.0 Å². The maximum absolute atomic E-state index is 12.3. The number of carbonyl (C=O) groups is 3. The van der Waals surface area contributed by atoms with Crippen molar-refractivity contribution in [1.29, 1.82) is 0 Å². The van der Waals surface area contributed by atoms with E-state index in [2.05, 4.69) is 27.3 Å². The maximum atomic E-state index is 12.3. The van der Waals surface area contributed by atoms with Gasteiger partial charge in [-0.05, 0) is 43.5 Å². The molecule has 0 fully saturated rings. The van der Waals surface area contributed by atoms with Crippen LogP contribution in [-0.4, -0.2) is 43.7 Å². The Morgan fingerprint density at radius 3 is 2.04 bits per heavy atom. The third-order valence-corrected chi connectivity index (χ3v) is 4.59. The van der Waals surface area contributed by atoms with Crippen LogP contribution in [0.5, 0.6) is 0 Å². The van der Waals surface area contributed by atoms with E-state index in [0.717, 1.165) is 29.3 Å². The van der Waals surface area contributed by atoms with Crippen molar-refractivity contribution in [3.63, 3.8) is 0 Å². The van der Waals surface area contributed by atoms with Crippen LogP contribution in [0.25, 0.3) is 0 Å². The first-order valence-corrected chi connectivity index (χ1v) is 9.53. The molecule has 0 heterocycles. The molecule has 0 N–H and O–H groups in total. The summed E-state index contributed by atoms with van der Waals surface area (Å²) in [4.78, 5) is 35.9. The number of methoxy groups -OCH3 is 3. The zero-order chi connectivity index (χ0) is 19.3. The van der Waals surface area contributed by atoms with Crippen LogP contribution in [0, 0.1) is 5.41 Å². The molecule has 0 radical (unpaired) electrons. The van der Waals surface area contributed by atoms with E-state index in [4.69, 9.17) is 9.47 Å². The molecule has 7 heteroatoms. The number of allylic oxidation sites excluding steroid dienone is 3. The SMILES string of the molecule is COC(=O)/C=C/CC(C/C=C(\C)CCCCI)(C(=O)OC)C(=O)OC. The van der Waals surface area contributed by atoms with Gasteiger partial charge in [-0.15, -0.1) is 0 Å². The van der Waals surface area contributed by atoms with Gasteiger partial charge < -0.3 is 14.2 Å². The highest BCUT2D eigenvalue weighted by Gasteiger charge is 2.46. The number of alkyl halides is 1. The van der Waals surface area contributed by atoms with Crippen LogP contribution >= 0.6 is 22.6 Å². The molecule has 0 bridgehead atoms. The Labute approximate surface area is 163 Å². The molecule has 0 spiro atoms. The smallest absolute Gasteiger partial charge is 0.330 e. The number of ether oxygens (including phenoxy) is 3. The lowest BCUT2D eigenvalue weighted by Gasteiger charge is -2.26. The molecule has 142 valence electrons. The maximum Gasteiger partial charge on any atom is 0.330 e. The Morgan fingerprint density at radius 2 is 1.56 bits per heavy atom. The topological polar surface area (TPSA) is 78.9 Å². The van der Waals surface area contributed by atoms with Gasteiger partial charge in [-0.1, -0.05) is 40.3 Å². The van der Waals surface area contributed by atoms with E-state index in [-0.39, 0.29) is 12.8 Å². The monoisotopic (exact) mass is 466 g/mol. The Hall–Kier alpha value is -1.38. The summed E-state index contributed by atoms with van der Waals surface area (Å²) in [6, 6.07) is 0. The largest absolute Gasteiger partial charge is 0.468 e. The van der Waals surface area contributed by atoms with Gasteiger partial charge in [0.1, 0.15) is 0 Å². The average Bonchev–Trinajstić information content (AvgIpc) is 2.63. The Balaban J connectivity index is 5.43. The minimum Gasteiger partial charge on any atom is -0.468 e. The van der Waals surface area contributed by atoms with Gasteiger partial charge in [0.15, 0.2) is 5.41 Å². The Bertz CT molecular complexity index is 494. The van der Waals surface area contributed by atoms with Crippen LogP contribution in [0.1, 0.15) is 39.0 Å². The molecule has 0 aliphatic rings. The summed E-state index contributed by atoms with van der Waals surface area (Å²) in [5, 5.41) is 0. The highest BCUT2D eigenvalue weighted by atomic mass is 127.